The molecule has 1 aliphatic carbocycles. The normalized spacial score (nSPS) is 27.4. The molecule has 1 unspecified atom stereocenters. The SMILES string of the molecule is Cc1ccc(N2CCC(NC(=O)N3CC4(CCC4)C3C3CCOCC3)CC2)nc1. The zero-order valence-electron chi connectivity index (χ0n) is 17.6. The number of aryl methyl sites for hydroxylation is 1. The number of nitrogens with one attached hydrogen (secondary N) is 1. The van der Waals surface area contributed by atoms with Crippen LogP contribution in [0.4, 0.5) is 10.6 Å². The van der Waals surface area contributed by atoms with Crippen molar-refractivity contribution in [3.8, 4) is 0 Å². The molecule has 2 amide bonds. The van der Waals surface area contributed by atoms with E-state index in [-0.39, 0.29) is 12.1 Å². The van der Waals surface area contributed by atoms with Crippen LogP contribution < -0.4 is 10.2 Å². The number of hydrogen-bond acceptors (Lipinski definition) is 4. The molecule has 29 heavy (non-hydrogen) atoms. The van der Waals surface area contributed by atoms with Crippen LogP contribution in [-0.4, -0.2) is 60.8 Å². The van der Waals surface area contributed by atoms with E-state index in [1.54, 1.807) is 0 Å². The molecule has 4 aliphatic rings. The average molecular weight is 399 g/mol. The third-order valence-electron chi connectivity index (χ3n) is 7.81. The van der Waals surface area contributed by atoms with E-state index >= 15 is 0 Å². The highest BCUT2D eigenvalue weighted by atomic mass is 16.5. The summed E-state index contributed by atoms with van der Waals surface area (Å²) >= 11 is 0. The summed E-state index contributed by atoms with van der Waals surface area (Å²) in [5.41, 5.74) is 1.62. The Hall–Kier alpha value is -1.82. The van der Waals surface area contributed by atoms with Crippen molar-refractivity contribution in [1.29, 1.82) is 0 Å². The molecule has 3 saturated heterocycles. The molecule has 3 aliphatic heterocycles. The smallest absolute Gasteiger partial charge is 0.317 e. The number of carbonyl (C=O) groups is 1. The summed E-state index contributed by atoms with van der Waals surface area (Å²) in [5, 5.41) is 3.37. The number of amides is 2. The van der Waals surface area contributed by atoms with Crippen molar-refractivity contribution >= 4 is 11.8 Å². The predicted octanol–water partition coefficient (Wildman–Crippen LogP) is 3.35. The molecule has 1 spiro atoms. The second-order valence-electron chi connectivity index (χ2n) is 9.64. The summed E-state index contributed by atoms with van der Waals surface area (Å²) in [4.78, 5) is 22.2. The van der Waals surface area contributed by atoms with Gasteiger partial charge in [0.05, 0.1) is 0 Å². The molecule has 1 aromatic heterocycles. The lowest BCUT2D eigenvalue weighted by atomic mass is 9.54. The first-order valence-corrected chi connectivity index (χ1v) is 11.5. The fourth-order valence-electron chi connectivity index (χ4n) is 5.98. The van der Waals surface area contributed by atoms with Gasteiger partial charge in [-0.25, -0.2) is 9.78 Å². The number of aromatic nitrogens is 1. The number of likely N-dealkylation sites (tertiary alicyclic amines) is 1. The number of piperidine rings is 1. The number of hydrogen-bond donors (Lipinski definition) is 1. The van der Waals surface area contributed by atoms with Crippen molar-refractivity contribution in [1.82, 2.24) is 15.2 Å². The summed E-state index contributed by atoms with van der Waals surface area (Å²) in [6.07, 6.45) is 10.1. The van der Waals surface area contributed by atoms with Crippen molar-refractivity contribution in [2.45, 2.75) is 64.0 Å². The van der Waals surface area contributed by atoms with Crippen LogP contribution in [0, 0.1) is 18.3 Å². The lowest BCUT2D eigenvalue weighted by molar-refractivity contribution is -0.137. The lowest BCUT2D eigenvalue weighted by Crippen LogP contribution is -2.73. The molecule has 0 radical (unpaired) electrons. The van der Waals surface area contributed by atoms with Crippen molar-refractivity contribution in [3.05, 3.63) is 23.9 Å². The van der Waals surface area contributed by atoms with E-state index < -0.39 is 0 Å². The van der Waals surface area contributed by atoms with Crippen LogP contribution in [0.25, 0.3) is 0 Å². The Balaban J connectivity index is 1.16. The second kappa shape index (κ2) is 7.78. The summed E-state index contributed by atoms with van der Waals surface area (Å²) in [6.45, 7) is 6.65. The van der Waals surface area contributed by atoms with Gasteiger partial charge in [-0.2, -0.15) is 0 Å². The number of anilines is 1. The van der Waals surface area contributed by atoms with Gasteiger partial charge in [-0.05, 0) is 63.0 Å². The maximum Gasteiger partial charge on any atom is 0.317 e. The van der Waals surface area contributed by atoms with Crippen LogP contribution in [-0.2, 0) is 4.74 Å². The second-order valence-corrected chi connectivity index (χ2v) is 9.64. The minimum absolute atomic E-state index is 0.172. The Labute approximate surface area is 174 Å². The highest BCUT2D eigenvalue weighted by Gasteiger charge is 2.59. The minimum atomic E-state index is 0.172. The molecule has 1 aromatic rings. The molecule has 6 heteroatoms. The topological polar surface area (TPSA) is 57.7 Å². The van der Waals surface area contributed by atoms with Gasteiger partial charge in [-0.1, -0.05) is 12.5 Å². The molecule has 4 heterocycles. The molecule has 1 N–H and O–H groups in total. The van der Waals surface area contributed by atoms with Crippen LogP contribution in [0.2, 0.25) is 0 Å². The zero-order chi connectivity index (χ0) is 19.8. The van der Waals surface area contributed by atoms with Crippen molar-refractivity contribution in [3.63, 3.8) is 0 Å². The number of ether oxygens (including phenoxy) is 1. The van der Waals surface area contributed by atoms with Crippen molar-refractivity contribution in [2.24, 2.45) is 11.3 Å². The molecular formula is C23H34N4O2. The zero-order valence-corrected chi connectivity index (χ0v) is 17.6. The largest absolute Gasteiger partial charge is 0.381 e. The molecule has 1 atom stereocenters. The van der Waals surface area contributed by atoms with E-state index in [4.69, 9.17) is 4.74 Å². The van der Waals surface area contributed by atoms with Gasteiger partial charge in [0.15, 0.2) is 0 Å². The van der Waals surface area contributed by atoms with Crippen LogP contribution in [0.1, 0.15) is 50.5 Å². The van der Waals surface area contributed by atoms with E-state index in [0.717, 1.165) is 64.3 Å². The first-order chi connectivity index (χ1) is 14.1. The number of carbonyl (C=O) groups excluding carboxylic acids is 1. The monoisotopic (exact) mass is 398 g/mol. The average Bonchev–Trinajstić information content (AvgIpc) is 2.68. The molecule has 0 bridgehead atoms. The third kappa shape index (κ3) is 3.60. The summed E-state index contributed by atoms with van der Waals surface area (Å²) in [6, 6.07) is 5.11. The van der Waals surface area contributed by atoms with Gasteiger partial charge in [0.2, 0.25) is 0 Å². The Morgan fingerprint density at radius 1 is 1.17 bits per heavy atom. The van der Waals surface area contributed by atoms with Gasteiger partial charge in [0, 0.05) is 56.5 Å². The number of pyridine rings is 1. The predicted molar refractivity (Wildman–Crippen MR) is 113 cm³/mol. The first kappa shape index (κ1) is 19.2. The van der Waals surface area contributed by atoms with Crippen LogP contribution >= 0.6 is 0 Å². The van der Waals surface area contributed by atoms with Crippen LogP contribution in [0.15, 0.2) is 18.3 Å². The number of nitrogens with zero attached hydrogens (tertiary/aromatic N) is 3. The minimum Gasteiger partial charge on any atom is -0.381 e. The molecular weight excluding hydrogens is 364 g/mol. The number of urea groups is 1. The summed E-state index contributed by atoms with van der Waals surface area (Å²) in [5.74, 6) is 1.67. The van der Waals surface area contributed by atoms with Gasteiger partial charge < -0.3 is 19.9 Å². The highest BCUT2D eigenvalue weighted by molar-refractivity contribution is 5.76. The van der Waals surface area contributed by atoms with Crippen LogP contribution in [0.5, 0.6) is 0 Å². The van der Waals surface area contributed by atoms with E-state index in [1.807, 2.05) is 6.20 Å². The first-order valence-electron chi connectivity index (χ1n) is 11.5. The highest BCUT2D eigenvalue weighted by Crippen LogP contribution is 2.56. The van der Waals surface area contributed by atoms with Gasteiger partial charge in [-0.3, -0.25) is 0 Å². The van der Waals surface area contributed by atoms with Crippen molar-refractivity contribution in [2.75, 3.05) is 37.7 Å². The van der Waals surface area contributed by atoms with Gasteiger partial charge in [-0.15, -0.1) is 0 Å². The fraction of sp³-hybridized carbons (Fsp3) is 0.739. The summed E-state index contributed by atoms with van der Waals surface area (Å²) < 4.78 is 5.58. The maximum atomic E-state index is 13.1. The third-order valence-corrected chi connectivity index (χ3v) is 7.81. The van der Waals surface area contributed by atoms with Gasteiger partial charge in [0.25, 0.3) is 0 Å². The molecule has 0 aromatic carbocycles. The molecule has 158 valence electrons. The molecule has 5 rings (SSSR count). The van der Waals surface area contributed by atoms with E-state index in [2.05, 4.69) is 39.2 Å². The van der Waals surface area contributed by atoms with Crippen LogP contribution in [0.3, 0.4) is 0 Å². The van der Waals surface area contributed by atoms with E-state index in [0.29, 0.717) is 17.4 Å². The molecule has 6 nitrogen and oxygen atoms in total. The molecule has 1 saturated carbocycles. The lowest BCUT2D eigenvalue weighted by Gasteiger charge is -2.65. The van der Waals surface area contributed by atoms with Crippen molar-refractivity contribution < 1.29 is 9.53 Å². The van der Waals surface area contributed by atoms with Gasteiger partial charge >= 0.3 is 6.03 Å². The fourth-order valence-corrected chi connectivity index (χ4v) is 5.98. The Kier molecular flexibility index (Phi) is 5.14. The Bertz CT molecular complexity index is 719. The molecule has 4 fully saturated rings. The quantitative estimate of drug-likeness (QED) is 0.848. The Morgan fingerprint density at radius 2 is 1.93 bits per heavy atom. The Morgan fingerprint density at radius 3 is 2.55 bits per heavy atom. The number of rotatable bonds is 3. The summed E-state index contributed by atoms with van der Waals surface area (Å²) in [7, 11) is 0. The van der Waals surface area contributed by atoms with E-state index in [9.17, 15) is 4.79 Å². The van der Waals surface area contributed by atoms with E-state index in [1.165, 1.54) is 24.8 Å². The standard InChI is InChI=1S/C23H34N4O2/c1-17-3-4-20(24-15-17)26-11-5-19(6-12-26)25-22(28)27-16-23(9-2-10-23)21(27)18-7-13-29-14-8-18/h3-4,15,18-19,21H,2,5-14,16H2,1H3,(H,25,28). The van der Waals surface area contributed by atoms with Gasteiger partial charge in [0.1, 0.15) is 5.82 Å². The maximum absolute atomic E-state index is 13.1.